The topological polar surface area (TPSA) is 87.4 Å². The van der Waals surface area contributed by atoms with Crippen LogP contribution >= 0.6 is 0 Å². The fraction of sp³-hybridized carbons (Fsp3) is 0.429. The highest BCUT2D eigenvalue weighted by atomic mass is 16.5. The third-order valence-corrected chi connectivity index (χ3v) is 4.36. The summed E-state index contributed by atoms with van der Waals surface area (Å²) in [5.74, 6) is 0. The van der Waals surface area contributed by atoms with Gasteiger partial charge in [-0.25, -0.2) is 14.5 Å². The highest BCUT2D eigenvalue weighted by molar-refractivity contribution is 5.76. The Kier molecular flexibility index (Phi) is 3.04. The van der Waals surface area contributed by atoms with Gasteiger partial charge in [-0.1, -0.05) is 5.21 Å². The summed E-state index contributed by atoms with van der Waals surface area (Å²) in [7, 11) is 0. The lowest BCUT2D eigenvalue weighted by Crippen LogP contribution is -2.42. The number of aromatic nitrogens is 4. The Hall–Kier alpha value is -2.48. The Morgan fingerprint density at radius 2 is 2.27 bits per heavy atom. The van der Waals surface area contributed by atoms with E-state index in [9.17, 15) is 10.0 Å². The Morgan fingerprint density at radius 3 is 3.09 bits per heavy atom. The van der Waals surface area contributed by atoms with Crippen LogP contribution in [0.2, 0.25) is 0 Å². The maximum atomic E-state index is 12.0. The number of rotatable bonds is 3. The first kappa shape index (κ1) is 13.2. The third kappa shape index (κ3) is 2.12. The van der Waals surface area contributed by atoms with Gasteiger partial charge in [0.1, 0.15) is 5.69 Å². The molecule has 0 aliphatic carbocycles. The first-order valence-electron chi connectivity index (χ1n) is 7.31. The van der Waals surface area contributed by atoms with Gasteiger partial charge in [0.15, 0.2) is 0 Å². The average molecular weight is 300 g/mol. The lowest BCUT2D eigenvalue weighted by Gasteiger charge is -2.29. The second kappa shape index (κ2) is 5.06. The zero-order valence-electron chi connectivity index (χ0n) is 11.9. The number of fused-ring (bicyclic) bond motifs is 2. The number of nitrogens with zero attached hydrogens (tertiary/aromatic N) is 6. The van der Waals surface area contributed by atoms with Crippen molar-refractivity contribution in [2.24, 2.45) is 0 Å². The van der Waals surface area contributed by atoms with Crippen molar-refractivity contribution in [3.05, 3.63) is 30.7 Å². The number of pyridine rings is 1. The molecule has 2 bridgehead atoms. The smallest absolute Gasteiger partial charge is 0.316 e. The van der Waals surface area contributed by atoms with E-state index in [2.05, 4.69) is 15.3 Å². The van der Waals surface area contributed by atoms with Crippen LogP contribution in [0.1, 0.15) is 12.8 Å². The number of hydroxylamine groups is 2. The molecule has 2 saturated heterocycles. The molecule has 4 heterocycles. The van der Waals surface area contributed by atoms with Crippen LogP contribution in [0.5, 0.6) is 0 Å². The first-order chi connectivity index (χ1) is 10.7. The molecule has 2 aliphatic heterocycles. The zero-order valence-corrected chi connectivity index (χ0v) is 11.9. The highest BCUT2D eigenvalue weighted by Gasteiger charge is 2.44. The summed E-state index contributed by atoms with van der Waals surface area (Å²) in [4.78, 5) is 17.8. The number of amides is 2. The van der Waals surface area contributed by atoms with E-state index in [1.54, 1.807) is 22.0 Å². The monoisotopic (exact) mass is 300 g/mol. The summed E-state index contributed by atoms with van der Waals surface area (Å²) >= 11 is 0. The first-order valence-corrected chi connectivity index (χ1v) is 7.31. The van der Waals surface area contributed by atoms with E-state index in [1.165, 1.54) is 0 Å². The van der Waals surface area contributed by atoms with Crippen LogP contribution in [-0.4, -0.2) is 59.8 Å². The summed E-state index contributed by atoms with van der Waals surface area (Å²) in [6, 6.07) is 3.46. The van der Waals surface area contributed by atoms with Gasteiger partial charge in [0.2, 0.25) is 0 Å². The van der Waals surface area contributed by atoms with Crippen LogP contribution < -0.4 is 0 Å². The molecule has 2 fully saturated rings. The van der Waals surface area contributed by atoms with Crippen molar-refractivity contribution >= 4 is 6.03 Å². The van der Waals surface area contributed by atoms with Crippen LogP contribution in [-0.2, 0) is 6.54 Å². The molecule has 0 aromatic carbocycles. The Labute approximate surface area is 126 Å². The Bertz CT molecular complexity index is 688. The Balaban J connectivity index is 1.50. The van der Waals surface area contributed by atoms with Gasteiger partial charge in [0.05, 0.1) is 24.8 Å². The molecule has 114 valence electrons. The van der Waals surface area contributed by atoms with Crippen molar-refractivity contribution in [2.75, 3.05) is 6.54 Å². The van der Waals surface area contributed by atoms with Crippen molar-refractivity contribution in [2.45, 2.75) is 31.5 Å². The molecule has 0 saturated carbocycles. The van der Waals surface area contributed by atoms with Gasteiger partial charge in [-0.05, 0) is 25.0 Å². The van der Waals surface area contributed by atoms with Crippen LogP contribution in [0.3, 0.4) is 0 Å². The summed E-state index contributed by atoms with van der Waals surface area (Å²) < 4.78 is 1.75. The molecule has 22 heavy (non-hydrogen) atoms. The number of hydrogen-bond donors (Lipinski definition) is 1. The largest absolute Gasteiger partial charge is 0.344 e. The molecule has 2 atom stereocenters. The van der Waals surface area contributed by atoms with E-state index >= 15 is 0 Å². The van der Waals surface area contributed by atoms with E-state index < -0.39 is 0 Å². The fourth-order valence-electron chi connectivity index (χ4n) is 3.17. The SMILES string of the molecule is O=C1N(O)[C@@H]2CC[C@@H](Cn3cc(-c4cccnc4)nn3)N1C2. The van der Waals surface area contributed by atoms with Crippen LogP contribution in [0.25, 0.3) is 11.3 Å². The van der Waals surface area contributed by atoms with Gasteiger partial charge in [0.25, 0.3) is 0 Å². The minimum absolute atomic E-state index is 0.0457. The summed E-state index contributed by atoms with van der Waals surface area (Å²) in [5, 5.41) is 18.9. The molecule has 1 N–H and O–H groups in total. The van der Waals surface area contributed by atoms with Crippen molar-refractivity contribution in [1.29, 1.82) is 0 Å². The van der Waals surface area contributed by atoms with Gasteiger partial charge in [-0.3, -0.25) is 10.2 Å². The normalized spacial score (nSPS) is 24.1. The molecule has 0 unspecified atom stereocenters. The van der Waals surface area contributed by atoms with Crippen molar-refractivity contribution < 1.29 is 10.0 Å². The highest BCUT2D eigenvalue weighted by Crippen LogP contribution is 2.29. The number of carbonyl (C=O) groups excluding carboxylic acids is 1. The van der Waals surface area contributed by atoms with Gasteiger partial charge >= 0.3 is 6.03 Å². The van der Waals surface area contributed by atoms with Crippen molar-refractivity contribution in [1.82, 2.24) is 29.9 Å². The molecular formula is C14H16N6O2. The molecule has 0 spiro atoms. The van der Waals surface area contributed by atoms with Crippen LogP contribution in [0, 0.1) is 0 Å². The zero-order chi connectivity index (χ0) is 15.1. The number of piperidine rings is 1. The van der Waals surface area contributed by atoms with Crippen LogP contribution in [0.15, 0.2) is 30.7 Å². The standard InChI is InChI=1S/C14H16N6O2/c21-14-19-8-12(20(14)22)4-3-11(19)7-18-9-13(16-17-18)10-2-1-5-15-6-10/h1-2,5-6,9,11-12,22H,3-4,7-8H2/t11-,12+/m0/s1. The number of hydrogen-bond acceptors (Lipinski definition) is 5. The van der Waals surface area contributed by atoms with E-state index in [0.717, 1.165) is 29.2 Å². The second-order valence-electron chi connectivity index (χ2n) is 5.73. The molecule has 0 radical (unpaired) electrons. The summed E-state index contributed by atoms with van der Waals surface area (Å²) in [6.07, 6.45) is 6.99. The van der Waals surface area contributed by atoms with Crippen LogP contribution in [0.4, 0.5) is 4.79 Å². The Morgan fingerprint density at radius 1 is 1.36 bits per heavy atom. The third-order valence-electron chi connectivity index (χ3n) is 4.36. The molecule has 4 rings (SSSR count). The lowest BCUT2D eigenvalue weighted by molar-refractivity contribution is -0.0584. The minimum atomic E-state index is -0.305. The van der Waals surface area contributed by atoms with E-state index in [4.69, 9.17) is 0 Å². The lowest BCUT2D eigenvalue weighted by atomic mass is 10.0. The summed E-state index contributed by atoms with van der Waals surface area (Å²) in [5.41, 5.74) is 1.68. The van der Waals surface area contributed by atoms with Crippen molar-refractivity contribution in [3.63, 3.8) is 0 Å². The molecule has 8 nitrogen and oxygen atoms in total. The van der Waals surface area contributed by atoms with E-state index in [1.807, 2.05) is 18.3 Å². The number of urea groups is 1. The van der Waals surface area contributed by atoms with Crippen molar-refractivity contribution in [3.8, 4) is 11.3 Å². The molecule has 2 aromatic rings. The molecule has 8 heteroatoms. The molecule has 2 aliphatic rings. The maximum absolute atomic E-state index is 12.0. The second-order valence-corrected chi connectivity index (χ2v) is 5.73. The van der Waals surface area contributed by atoms with Gasteiger partial charge < -0.3 is 4.90 Å². The van der Waals surface area contributed by atoms with Gasteiger partial charge in [0, 0.05) is 24.5 Å². The number of carbonyl (C=O) groups is 1. The van der Waals surface area contributed by atoms with Gasteiger partial charge in [-0.15, -0.1) is 5.10 Å². The minimum Gasteiger partial charge on any atom is -0.316 e. The van der Waals surface area contributed by atoms with E-state index in [-0.39, 0.29) is 18.1 Å². The summed E-state index contributed by atoms with van der Waals surface area (Å²) in [6.45, 7) is 1.17. The molecule has 2 amide bonds. The molecular weight excluding hydrogens is 284 g/mol. The predicted octanol–water partition coefficient (Wildman–Crippen LogP) is 0.998. The average Bonchev–Trinajstić information content (AvgIpc) is 3.11. The maximum Gasteiger partial charge on any atom is 0.344 e. The fourth-order valence-corrected chi connectivity index (χ4v) is 3.17. The van der Waals surface area contributed by atoms with E-state index in [0.29, 0.717) is 13.1 Å². The quantitative estimate of drug-likeness (QED) is 0.854. The predicted molar refractivity (Wildman–Crippen MR) is 75.8 cm³/mol. The molecule has 2 aromatic heterocycles. The van der Waals surface area contributed by atoms with Gasteiger partial charge in [-0.2, -0.15) is 0 Å².